The number of carbonyl (C=O) groups is 3. The topological polar surface area (TPSA) is 112 Å². The summed E-state index contributed by atoms with van der Waals surface area (Å²) in [5.41, 5.74) is 0. The Bertz CT molecular complexity index is 280. The van der Waals surface area contributed by atoms with Crippen LogP contribution in [0.1, 0.15) is 0 Å². The van der Waals surface area contributed by atoms with Crippen molar-refractivity contribution in [2.75, 3.05) is 0 Å². The molecule has 0 aliphatic rings. The second kappa shape index (κ2) is 7.94. The first kappa shape index (κ1) is 14.8. The lowest BCUT2D eigenvalue weighted by Crippen LogP contribution is -1.97. The van der Waals surface area contributed by atoms with Gasteiger partial charge < -0.3 is 15.3 Å². The van der Waals surface area contributed by atoms with E-state index in [0.717, 1.165) is 6.08 Å². The van der Waals surface area contributed by atoms with E-state index in [9.17, 15) is 14.4 Å². The molecular weight excluding hydrogens is 211 g/mol. The van der Waals surface area contributed by atoms with Gasteiger partial charge in [0.25, 0.3) is 0 Å². The van der Waals surface area contributed by atoms with Gasteiger partial charge in [0.05, 0.1) is 5.31 Å². The average Bonchev–Trinajstić information content (AvgIpc) is 2.04. The zero-order valence-corrected chi connectivity index (χ0v) is 8.16. The fourth-order valence-electron chi connectivity index (χ4n) is 0.195. The highest BCUT2D eigenvalue weighted by Crippen LogP contribution is 2.03. The van der Waals surface area contributed by atoms with Gasteiger partial charge in [0.2, 0.25) is 0 Å². The van der Waals surface area contributed by atoms with E-state index in [1.54, 1.807) is 9.24 Å². The van der Waals surface area contributed by atoms with Crippen molar-refractivity contribution in [1.82, 2.24) is 0 Å². The van der Waals surface area contributed by atoms with Crippen molar-refractivity contribution in [2.24, 2.45) is 0 Å². The van der Waals surface area contributed by atoms with Gasteiger partial charge in [0, 0.05) is 12.2 Å². The maximum atomic E-state index is 9.88. The molecule has 0 aliphatic heterocycles. The van der Waals surface area contributed by atoms with Crippen molar-refractivity contribution in [2.45, 2.75) is 0 Å². The van der Waals surface area contributed by atoms with E-state index < -0.39 is 17.9 Å². The molecule has 0 fully saturated rings. The maximum Gasteiger partial charge on any atom is 0.335 e. The van der Waals surface area contributed by atoms with Crippen LogP contribution in [-0.2, 0) is 14.4 Å². The summed E-state index contributed by atoms with van der Waals surface area (Å²) < 4.78 is 0. The fourth-order valence-corrected chi connectivity index (χ4v) is 0.337. The van der Waals surface area contributed by atoms with Crippen LogP contribution in [0.4, 0.5) is 0 Å². The van der Waals surface area contributed by atoms with Gasteiger partial charge in [0.1, 0.15) is 0 Å². The lowest BCUT2D eigenvalue weighted by molar-refractivity contribution is -0.134. The van der Waals surface area contributed by atoms with Crippen LogP contribution in [0.5, 0.6) is 0 Å². The average molecular weight is 220 g/mol. The van der Waals surface area contributed by atoms with Crippen molar-refractivity contribution >= 4 is 27.1 Å². The summed E-state index contributed by atoms with van der Waals surface area (Å²) in [5, 5.41) is 23.4. The Morgan fingerprint density at radius 2 is 1.43 bits per heavy atom. The molecule has 0 radical (unpaired) electrons. The van der Waals surface area contributed by atoms with E-state index in [-0.39, 0.29) is 5.31 Å². The normalized spacial score (nSPS) is 9.36. The third-order valence-corrected chi connectivity index (χ3v) is 1.11. The smallest absolute Gasteiger partial charge is 0.335 e. The monoisotopic (exact) mass is 220 g/mol. The number of carboxylic acids is 3. The third kappa shape index (κ3) is 12.9. The lowest BCUT2D eigenvalue weighted by atomic mass is 10.5. The number of aliphatic carboxylic acids is 3. The maximum absolute atomic E-state index is 9.88. The summed E-state index contributed by atoms with van der Waals surface area (Å²) in [4.78, 5) is 28.9. The van der Waals surface area contributed by atoms with Gasteiger partial charge in [-0.15, -0.1) is 0 Å². The number of carboxylic acid groups (broad SMARTS) is 3. The molecule has 1 atom stereocenters. The summed E-state index contributed by atoms with van der Waals surface area (Å²) in [6.07, 6.45) is 1.44. The molecule has 0 bridgehead atoms. The molecule has 0 saturated carbocycles. The molecular formula is C7H9O6P. The molecule has 0 amide bonds. The van der Waals surface area contributed by atoms with Crippen molar-refractivity contribution in [1.29, 1.82) is 0 Å². The van der Waals surface area contributed by atoms with Crippen molar-refractivity contribution < 1.29 is 29.7 Å². The van der Waals surface area contributed by atoms with Crippen LogP contribution in [0.15, 0.2) is 24.0 Å². The highest BCUT2D eigenvalue weighted by atomic mass is 31.0. The molecule has 7 heteroatoms. The van der Waals surface area contributed by atoms with E-state index >= 15 is 0 Å². The Morgan fingerprint density at radius 1 is 1.07 bits per heavy atom. The quantitative estimate of drug-likeness (QED) is 0.461. The van der Waals surface area contributed by atoms with Gasteiger partial charge in [-0.1, -0.05) is 15.8 Å². The molecule has 0 aromatic carbocycles. The summed E-state index contributed by atoms with van der Waals surface area (Å²) >= 11 is 0. The Balaban J connectivity index is 0. The van der Waals surface area contributed by atoms with E-state index in [2.05, 4.69) is 6.58 Å². The molecule has 0 aromatic rings. The summed E-state index contributed by atoms with van der Waals surface area (Å²) in [7, 11) is 1.80. The Hall–Kier alpha value is -1.68. The number of rotatable bonds is 3. The molecule has 78 valence electrons. The largest absolute Gasteiger partial charge is 0.478 e. The molecule has 0 rings (SSSR count). The fraction of sp³-hybridized carbons (Fsp3) is 0. The molecule has 14 heavy (non-hydrogen) atoms. The predicted octanol–water partition coefficient (Wildman–Crippen LogP) is 0.172. The minimum Gasteiger partial charge on any atom is -0.478 e. The van der Waals surface area contributed by atoms with Crippen LogP contribution in [0.3, 0.4) is 0 Å². The number of hydrogen-bond acceptors (Lipinski definition) is 3. The SMILES string of the molecule is C=CC(=O)O.O=C(O)/C=C(/P)C(=O)O. The Labute approximate surface area is 81.8 Å². The summed E-state index contributed by atoms with van der Waals surface area (Å²) in [6.45, 7) is 2.96. The van der Waals surface area contributed by atoms with Gasteiger partial charge >= 0.3 is 17.9 Å². The second-order valence-corrected chi connectivity index (χ2v) is 2.41. The minimum absolute atomic E-state index is 0.262. The predicted molar refractivity (Wildman–Crippen MR) is 50.9 cm³/mol. The first-order valence-corrected chi connectivity index (χ1v) is 3.67. The zero-order chi connectivity index (χ0) is 11.7. The standard InChI is InChI=1S/C4H5O4P.C3H4O2/c5-3(6)1-2(9)4(7)8;1-2-3(4)5/h1H,9H2,(H,5,6)(H,7,8);2H,1H2,(H,4,5)/b2-1+;. The first-order chi connectivity index (χ1) is 6.31. The summed E-state index contributed by atoms with van der Waals surface area (Å²) in [6, 6.07) is 0. The van der Waals surface area contributed by atoms with E-state index in [1.165, 1.54) is 0 Å². The molecule has 3 N–H and O–H groups in total. The van der Waals surface area contributed by atoms with Crippen LogP contribution in [0, 0.1) is 0 Å². The molecule has 0 aromatic heterocycles. The van der Waals surface area contributed by atoms with Gasteiger partial charge in [-0.05, 0) is 0 Å². The molecule has 0 aliphatic carbocycles. The van der Waals surface area contributed by atoms with Crippen molar-refractivity contribution in [3.63, 3.8) is 0 Å². The zero-order valence-electron chi connectivity index (χ0n) is 7.01. The lowest BCUT2D eigenvalue weighted by Gasteiger charge is -1.86. The van der Waals surface area contributed by atoms with Crippen molar-refractivity contribution in [3.8, 4) is 0 Å². The number of hydrogen-bond donors (Lipinski definition) is 3. The Kier molecular flexibility index (Phi) is 8.41. The van der Waals surface area contributed by atoms with Crippen LogP contribution in [0.2, 0.25) is 0 Å². The highest BCUT2D eigenvalue weighted by molar-refractivity contribution is 7.25. The van der Waals surface area contributed by atoms with Crippen LogP contribution in [-0.4, -0.2) is 33.2 Å². The van der Waals surface area contributed by atoms with Gasteiger partial charge in [0.15, 0.2) is 0 Å². The van der Waals surface area contributed by atoms with Crippen molar-refractivity contribution in [3.05, 3.63) is 24.0 Å². The highest BCUT2D eigenvalue weighted by Gasteiger charge is 2.00. The third-order valence-electron chi connectivity index (χ3n) is 0.701. The molecule has 1 unspecified atom stereocenters. The Morgan fingerprint density at radius 3 is 1.50 bits per heavy atom. The van der Waals surface area contributed by atoms with Crippen LogP contribution < -0.4 is 0 Å². The second-order valence-electron chi connectivity index (χ2n) is 1.79. The molecule has 0 saturated heterocycles. The molecule has 6 nitrogen and oxygen atoms in total. The minimum atomic E-state index is -1.26. The van der Waals surface area contributed by atoms with E-state index in [4.69, 9.17) is 15.3 Å². The van der Waals surface area contributed by atoms with Crippen LogP contribution in [0.25, 0.3) is 0 Å². The first-order valence-electron chi connectivity index (χ1n) is 3.10. The van der Waals surface area contributed by atoms with E-state index in [1.807, 2.05) is 0 Å². The van der Waals surface area contributed by atoms with Gasteiger partial charge in [-0.25, -0.2) is 14.4 Å². The van der Waals surface area contributed by atoms with Gasteiger partial charge in [-0.3, -0.25) is 0 Å². The molecule has 0 heterocycles. The summed E-state index contributed by atoms with van der Waals surface area (Å²) in [5.74, 6) is -3.49. The molecule has 0 spiro atoms. The van der Waals surface area contributed by atoms with Gasteiger partial charge in [-0.2, -0.15) is 0 Å². The van der Waals surface area contributed by atoms with Crippen LogP contribution >= 0.6 is 9.24 Å². The van der Waals surface area contributed by atoms with E-state index in [0.29, 0.717) is 6.08 Å².